The highest BCUT2D eigenvalue weighted by atomic mass is 127. The third-order valence-corrected chi connectivity index (χ3v) is 4.72. The lowest BCUT2D eigenvalue weighted by Gasteiger charge is -2.12. The number of rotatable bonds is 3. The number of anilines is 1. The zero-order valence-electron chi connectivity index (χ0n) is 10.7. The Labute approximate surface area is 137 Å². The van der Waals surface area contributed by atoms with E-state index in [2.05, 4.69) is 0 Å². The largest absolute Gasteiger partial charge is 0.416 e. The molecule has 0 aliphatic carbocycles. The number of alkyl halides is 3. The predicted molar refractivity (Wildman–Crippen MR) is 81.4 cm³/mol. The van der Waals surface area contributed by atoms with E-state index in [9.17, 15) is 26.0 Å². The van der Waals surface area contributed by atoms with E-state index in [1.807, 2.05) is 27.3 Å². The second-order valence-corrected chi connectivity index (χ2v) is 7.21. The van der Waals surface area contributed by atoms with Crippen molar-refractivity contribution in [3.63, 3.8) is 0 Å². The predicted octanol–water partition coefficient (Wildman–Crippen LogP) is 4.25. The maximum Gasteiger partial charge on any atom is 0.416 e. The van der Waals surface area contributed by atoms with Gasteiger partial charge in [-0.15, -0.1) is 0 Å². The second-order valence-electron chi connectivity index (χ2n) is 4.29. The fourth-order valence-corrected chi connectivity index (χ4v) is 3.04. The molecule has 118 valence electrons. The molecule has 22 heavy (non-hydrogen) atoms. The van der Waals surface area contributed by atoms with Crippen LogP contribution in [0.15, 0.2) is 47.4 Å². The molecule has 0 aliphatic rings. The summed E-state index contributed by atoms with van der Waals surface area (Å²) in [6.07, 6.45) is -4.77. The van der Waals surface area contributed by atoms with E-state index in [4.69, 9.17) is 0 Å². The molecule has 0 aromatic heterocycles. The first-order valence-electron chi connectivity index (χ1n) is 5.74. The maximum absolute atomic E-state index is 13.3. The summed E-state index contributed by atoms with van der Waals surface area (Å²) >= 11 is 1.98. The molecule has 0 radical (unpaired) electrons. The SMILES string of the molecule is O=S(=O)(Nc1cc(F)cc(C(F)(F)F)c1)c1ccc(I)cc1. The van der Waals surface area contributed by atoms with Crippen LogP contribution in [0.4, 0.5) is 23.2 Å². The molecule has 9 heteroatoms. The highest BCUT2D eigenvalue weighted by Crippen LogP contribution is 2.32. The van der Waals surface area contributed by atoms with Crippen molar-refractivity contribution in [1.82, 2.24) is 0 Å². The van der Waals surface area contributed by atoms with Crippen molar-refractivity contribution >= 4 is 38.3 Å². The molecule has 0 heterocycles. The number of hydrogen-bond acceptors (Lipinski definition) is 2. The molecule has 0 spiro atoms. The fourth-order valence-electron chi connectivity index (χ4n) is 1.64. The Bertz CT molecular complexity index is 789. The van der Waals surface area contributed by atoms with Gasteiger partial charge in [-0.1, -0.05) is 0 Å². The molecule has 0 saturated carbocycles. The normalized spacial score (nSPS) is 12.2. The minimum absolute atomic E-state index is 0.134. The van der Waals surface area contributed by atoms with Crippen LogP contribution in [0.2, 0.25) is 0 Å². The third kappa shape index (κ3) is 4.09. The average molecular weight is 445 g/mol. The molecule has 0 atom stereocenters. The summed E-state index contributed by atoms with van der Waals surface area (Å²) < 4.78 is 77.9. The van der Waals surface area contributed by atoms with Crippen molar-refractivity contribution in [3.8, 4) is 0 Å². The van der Waals surface area contributed by atoms with Gasteiger partial charge in [0, 0.05) is 3.57 Å². The van der Waals surface area contributed by atoms with E-state index in [-0.39, 0.29) is 4.90 Å². The molecule has 0 fully saturated rings. The monoisotopic (exact) mass is 445 g/mol. The summed E-state index contributed by atoms with van der Waals surface area (Å²) in [6, 6.07) is 7.17. The van der Waals surface area contributed by atoms with Crippen LogP contribution in [0.5, 0.6) is 0 Å². The molecule has 0 bridgehead atoms. The molecule has 2 aromatic rings. The van der Waals surface area contributed by atoms with Crippen LogP contribution in [-0.4, -0.2) is 8.42 Å². The Morgan fingerprint density at radius 2 is 1.59 bits per heavy atom. The van der Waals surface area contributed by atoms with Gasteiger partial charge in [-0.05, 0) is 65.1 Å². The highest BCUT2D eigenvalue weighted by Gasteiger charge is 2.31. The summed E-state index contributed by atoms with van der Waals surface area (Å²) in [5, 5.41) is 0. The van der Waals surface area contributed by atoms with Crippen molar-refractivity contribution in [2.24, 2.45) is 0 Å². The van der Waals surface area contributed by atoms with Crippen LogP contribution >= 0.6 is 22.6 Å². The van der Waals surface area contributed by atoms with Gasteiger partial charge >= 0.3 is 6.18 Å². The van der Waals surface area contributed by atoms with Gasteiger partial charge in [-0.2, -0.15) is 13.2 Å². The van der Waals surface area contributed by atoms with Gasteiger partial charge in [0.15, 0.2) is 0 Å². The summed E-state index contributed by atoms with van der Waals surface area (Å²) in [7, 11) is -4.10. The van der Waals surface area contributed by atoms with E-state index in [1.54, 1.807) is 0 Å². The summed E-state index contributed by atoms with van der Waals surface area (Å²) in [5.41, 5.74) is -1.77. The van der Waals surface area contributed by atoms with Gasteiger partial charge < -0.3 is 0 Å². The maximum atomic E-state index is 13.3. The van der Waals surface area contributed by atoms with Crippen molar-refractivity contribution in [2.45, 2.75) is 11.1 Å². The topological polar surface area (TPSA) is 46.2 Å². The lowest BCUT2D eigenvalue weighted by atomic mass is 10.2. The van der Waals surface area contributed by atoms with Gasteiger partial charge in [0.25, 0.3) is 10.0 Å². The fraction of sp³-hybridized carbons (Fsp3) is 0.0769. The van der Waals surface area contributed by atoms with Gasteiger partial charge in [-0.25, -0.2) is 12.8 Å². The van der Waals surface area contributed by atoms with E-state index >= 15 is 0 Å². The van der Waals surface area contributed by atoms with Crippen LogP contribution in [0, 0.1) is 9.39 Å². The van der Waals surface area contributed by atoms with Gasteiger partial charge in [0.05, 0.1) is 16.1 Å². The summed E-state index contributed by atoms with van der Waals surface area (Å²) in [4.78, 5) is -0.134. The van der Waals surface area contributed by atoms with Gasteiger partial charge in [0.1, 0.15) is 5.82 Å². The van der Waals surface area contributed by atoms with Crippen LogP contribution in [0.3, 0.4) is 0 Å². The molecule has 3 nitrogen and oxygen atoms in total. The number of halogens is 5. The lowest BCUT2D eigenvalue weighted by molar-refractivity contribution is -0.137. The van der Waals surface area contributed by atoms with Crippen LogP contribution in [0.1, 0.15) is 5.56 Å². The zero-order valence-corrected chi connectivity index (χ0v) is 13.6. The van der Waals surface area contributed by atoms with Crippen molar-refractivity contribution in [3.05, 3.63) is 57.4 Å². The molecular weight excluding hydrogens is 437 g/mol. The minimum Gasteiger partial charge on any atom is -0.280 e. The highest BCUT2D eigenvalue weighted by molar-refractivity contribution is 14.1. The first-order valence-corrected chi connectivity index (χ1v) is 8.30. The van der Waals surface area contributed by atoms with Gasteiger partial charge in [0.2, 0.25) is 0 Å². The third-order valence-electron chi connectivity index (χ3n) is 2.60. The van der Waals surface area contributed by atoms with E-state index in [0.717, 1.165) is 3.57 Å². The second kappa shape index (κ2) is 6.03. The molecule has 0 unspecified atom stereocenters. The number of nitrogens with one attached hydrogen (secondary N) is 1. The molecular formula is C13H8F4INO2S. The van der Waals surface area contributed by atoms with E-state index in [1.165, 1.54) is 24.3 Å². The molecule has 1 N–H and O–H groups in total. The zero-order chi connectivity index (χ0) is 16.5. The molecule has 0 saturated heterocycles. The van der Waals surface area contributed by atoms with Gasteiger partial charge in [-0.3, -0.25) is 4.72 Å². The minimum atomic E-state index is -4.77. The van der Waals surface area contributed by atoms with Crippen LogP contribution < -0.4 is 4.72 Å². The average Bonchev–Trinajstić information content (AvgIpc) is 2.36. The Balaban J connectivity index is 2.38. The summed E-state index contributed by atoms with van der Waals surface area (Å²) in [6.45, 7) is 0. The first kappa shape index (κ1) is 17.0. The van der Waals surface area contributed by atoms with Crippen molar-refractivity contribution < 1.29 is 26.0 Å². The smallest absolute Gasteiger partial charge is 0.280 e. The van der Waals surface area contributed by atoms with Crippen molar-refractivity contribution in [1.29, 1.82) is 0 Å². The quantitative estimate of drug-likeness (QED) is 0.568. The Morgan fingerprint density at radius 3 is 2.14 bits per heavy atom. The van der Waals surface area contributed by atoms with Crippen molar-refractivity contribution in [2.75, 3.05) is 4.72 Å². The number of sulfonamides is 1. The number of benzene rings is 2. The standard InChI is InChI=1S/C13H8F4INO2S/c14-9-5-8(13(15,16)17)6-11(7-9)19-22(20,21)12-3-1-10(18)2-4-12/h1-7,19H. The number of hydrogen-bond donors (Lipinski definition) is 1. The molecule has 2 aromatic carbocycles. The first-order chi connectivity index (χ1) is 10.1. The van der Waals surface area contributed by atoms with E-state index < -0.39 is 33.3 Å². The van der Waals surface area contributed by atoms with Crippen LogP contribution in [-0.2, 0) is 16.2 Å². The van der Waals surface area contributed by atoms with Crippen LogP contribution in [0.25, 0.3) is 0 Å². The Morgan fingerprint density at radius 1 is 1.00 bits per heavy atom. The van der Waals surface area contributed by atoms with E-state index in [0.29, 0.717) is 18.2 Å². The molecule has 0 aliphatic heterocycles. The summed E-state index contributed by atoms with van der Waals surface area (Å²) in [5.74, 6) is -1.19. The Kier molecular flexibility index (Phi) is 4.66. The Hall–Kier alpha value is -1.36. The molecule has 2 rings (SSSR count). The lowest BCUT2D eigenvalue weighted by Crippen LogP contribution is -2.14. The molecule has 0 amide bonds.